The number of fused-ring (bicyclic) bond motifs is 5. The lowest BCUT2D eigenvalue weighted by molar-refractivity contribution is -0.180. The molecule has 0 spiro atoms. The molecule has 2 aromatic rings. The number of pyridine rings is 1. The van der Waals surface area contributed by atoms with Crippen LogP contribution in [-0.4, -0.2) is 34.9 Å². The number of hydrogen-bond acceptors (Lipinski definition) is 6. The summed E-state index contributed by atoms with van der Waals surface area (Å²) in [5.41, 5.74) is -1.16. The number of aliphatic hydroxyl groups is 1. The third-order valence-corrected chi connectivity index (χ3v) is 8.06. The maximum absolute atomic E-state index is 12.7. The molecule has 6 rings (SSSR count). The number of carbonyl (C=O) groups excluding carboxylic acids is 1. The van der Waals surface area contributed by atoms with Crippen molar-refractivity contribution < 1.29 is 24.1 Å². The van der Waals surface area contributed by atoms with Crippen LogP contribution in [0.25, 0.3) is 0 Å². The van der Waals surface area contributed by atoms with Crippen molar-refractivity contribution in [1.29, 1.82) is 0 Å². The molecule has 1 aromatic heterocycles. The molecule has 0 radical (unpaired) electrons. The number of methoxy groups -OCH3 is 1. The lowest BCUT2D eigenvalue weighted by Gasteiger charge is -2.45. The first kappa shape index (κ1) is 20.0. The zero-order valence-electron chi connectivity index (χ0n) is 17.4. The molecule has 32 heavy (non-hydrogen) atoms. The molecule has 1 saturated carbocycles. The lowest BCUT2D eigenvalue weighted by atomic mass is 9.65. The van der Waals surface area contributed by atoms with E-state index in [0.29, 0.717) is 23.5 Å². The van der Waals surface area contributed by atoms with Crippen molar-refractivity contribution in [3.8, 4) is 11.5 Å². The minimum Gasteiger partial charge on any atom is -0.495 e. The largest absolute Gasteiger partial charge is 0.495 e. The number of halogens is 1. The molecule has 3 heterocycles. The van der Waals surface area contributed by atoms with Gasteiger partial charge in [-0.05, 0) is 12.0 Å². The van der Waals surface area contributed by atoms with Gasteiger partial charge in [0.1, 0.15) is 17.6 Å². The lowest BCUT2D eigenvalue weighted by Crippen LogP contribution is -2.59. The standard InChI is InChI=1S/C25H22BrNO5/c1-30-18-12-27-13-19-22(18)24(29)23-17(11-20(28)31-23)21(14-5-3-2-4-6-14)25(24,32-19)15-7-9-16(26)10-8-15/h2-7,9-10,12-13,15,17,21,23,29H,8,11H2,1H3/t15?,17-,21-,23-,24+,25+/m1/s1. The molecule has 2 fully saturated rings. The fourth-order valence-corrected chi connectivity index (χ4v) is 6.73. The zero-order valence-corrected chi connectivity index (χ0v) is 19.0. The van der Waals surface area contributed by atoms with E-state index in [4.69, 9.17) is 14.2 Å². The van der Waals surface area contributed by atoms with Gasteiger partial charge in [-0.1, -0.05) is 64.5 Å². The molecule has 2 aliphatic carbocycles. The SMILES string of the molecule is COc1cncc2c1[C@]1(O)[C@@H]3OC(=O)C[C@@H]3[C@@H](c3ccccc3)[C@]1(C1C=CC(Br)=CC1)O2. The van der Waals surface area contributed by atoms with E-state index < -0.39 is 17.3 Å². The first-order chi connectivity index (χ1) is 15.5. The van der Waals surface area contributed by atoms with Gasteiger partial charge in [-0.3, -0.25) is 9.78 Å². The number of aromatic nitrogens is 1. The molecule has 6 atom stereocenters. The highest BCUT2D eigenvalue weighted by Crippen LogP contribution is 2.71. The van der Waals surface area contributed by atoms with Crippen molar-refractivity contribution in [3.63, 3.8) is 0 Å². The molecule has 0 amide bonds. The molecule has 1 saturated heterocycles. The highest BCUT2D eigenvalue weighted by Gasteiger charge is 2.80. The van der Waals surface area contributed by atoms with Crippen LogP contribution in [0.2, 0.25) is 0 Å². The van der Waals surface area contributed by atoms with Crippen LogP contribution in [-0.2, 0) is 15.1 Å². The van der Waals surface area contributed by atoms with Crippen molar-refractivity contribution in [2.75, 3.05) is 7.11 Å². The Morgan fingerprint density at radius 2 is 2.06 bits per heavy atom. The Bertz CT molecular complexity index is 1160. The van der Waals surface area contributed by atoms with E-state index in [9.17, 15) is 9.90 Å². The Morgan fingerprint density at radius 1 is 1.25 bits per heavy atom. The average Bonchev–Trinajstić information content (AvgIpc) is 3.37. The molecule has 164 valence electrons. The summed E-state index contributed by atoms with van der Waals surface area (Å²) in [6.45, 7) is 0. The molecule has 4 aliphatic rings. The maximum atomic E-state index is 12.7. The van der Waals surface area contributed by atoms with Gasteiger partial charge in [-0.25, -0.2) is 0 Å². The van der Waals surface area contributed by atoms with E-state index in [1.165, 1.54) is 0 Å². The fourth-order valence-electron chi connectivity index (χ4n) is 6.39. The molecule has 6 nitrogen and oxygen atoms in total. The zero-order chi connectivity index (χ0) is 22.1. The molecule has 0 bridgehead atoms. The van der Waals surface area contributed by atoms with Gasteiger partial charge < -0.3 is 19.3 Å². The second-order valence-corrected chi connectivity index (χ2v) is 9.75. The quantitative estimate of drug-likeness (QED) is 0.648. The van der Waals surface area contributed by atoms with Crippen LogP contribution in [0, 0.1) is 11.8 Å². The number of rotatable bonds is 3. The Morgan fingerprint density at radius 3 is 2.78 bits per heavy atom. The fraction of sp³-hybridized carbons (Fsp3) is 0.360. The van der Waals surface area contributed by atoms with Gasteiger partial charge in [0.05, 0.1) is 31.5 Å². The third kappa shape index (κ3) is 2.38. The van der Waals surface area contributed by atoms with E-state index in [1.54, 1.807) is 19.5 Å². The van der Waals surface area contributed by atoms with Crippen LogP contribution in [0.1, 0.15) is 29.9 Å². The molecular weight excluding hydrogens is 474 g/mol. The number of hydrogen-bond donors (Lipinski definition) is 1. The van der Waals surface area contributed by atoms with Crippen LogP contribution in [0.5, 0.6) is 11.5 Å². The second kappa shape index (κ2) is 6.93. The minimum atomic E-state index is -1.60. The smallest absolute Gasteiger partial charge is 0.306 e. The number of carbonyl (C=O) groups is 1. The number of allylic oxidation sites excluding steroid dienone is 3. The predicted octanol–water partition coefficient (Wildman–Crippen LogP) is 3.99. The summed E-state index contributed by atoms with van der Waals surface area (Å²) in [5, 5.41) is 12.7. The Balaban J connectivity index is 1.65. The Kier molecular flexibility index (Phi) is 4.33. The topological polar surface area (TPSA) is 77.9 Å². The van der Waals surface area contributed by atoms with Crippen LogP contribution in [0.15, 0.2) is 65.4 Å². The molecule has 2 aliphatic heterocycles. The average molecular weight is 496 g/mol. The predicted molar refractivity (Wildman–Crippen MR) is 119 cm³/mol. The molecule has 7 heteroatoms. The number of ether oxygens (including phenoxy) is 3. The van der Waals surface area contributed by atoms with Gasteiger partial charge in [-0.15, -0.1) is 0 Å². The van der Waals surface area contributed by atoms with Gasteiger partial charge in [0.15, 0.2) is 11.2 Å². The van der Waals surface area contributed by atoms with Crippen LogP contribution in [0.3, 0.4) is 0 Å². The number of esters is 1. The summed E-state index contributed by atoms with van der Waals surface area (Å²) in [5.74, 6) is -0.0764. The first-order valence-corrected chi connectivity index (χ1v) is 11.5. The van der Waals surface area contributed by atoms with Crippen LogP contribution >= 0.6 is 15.9 Å². The number of benzene rings is 1. The van der Waals surface area contributed by atoms with Crippen molar-refractivity contribution in [3.05, 3.63) is 76.6 Å². The summed E-state index contributed by atoms with van der Waals surface area (Å²) in [6, 6.07) is 9.99. The summed E-state index contributed by atoms with van der Waals surface area (Å²) >= 11 is 3.55. The highest BCUT2D eigenvalue weighted by molar-refractivity contribution is 9.11. The van der Waals surface area contributed by atoms with E-state index >= 15 is 0 Å². The summed E-state index contributed by atoms with van der Waals surface area (Å²) in [6.07, 6.45) is 9.50. The first-order valence-electron chi connectivity index (χ1n) is 10.7. The van der Waals surface area contributed by atoms with Gasteiger partial charge in [-0.2, -0.15) is 0 Å². The van der Waals surface area contributed by atoms with E-state index in [1.807, 2.05) is 36.4 Å². The van der Waals surface area contributed by atoms with E-state index in [-0.39, 0.29) is 30.1 Å². The second-order valence-electron chi connectivity index (χ2n) is 8.83. The van der Waals surface area contributed by atoms with Crippen LogP contribution in [0.4, 0.5) is 0 Å². The monoisotopic (exact) mass is 495 g/mol. The molecular formula is C25H22BrNO5. The molecule has 1 N–H and O–H groups in total. The highest BCUT2D eigenvalue weighted by atomic mass is 79.9. The van der Waals surface area contributed by atoms with Crippen molar-refractivity contribution in [2.45, 2.75) is 36.1 Å². The summed E-state index contributed by atoms with van der Waals surface area (Å²) < 4.78 is 19.3. The summed E-state index contributed by atoms with van der Waals surface area (Å²) in [7, 11) is 1.54. The third-order valence-electron chi connectivity index (χ3n) is 7.47. The Labute approximate surface area is 194 Å². The normalized spacial score (nSPS) is 36.6. The number of nitrogens with zero attached hydrogens (tertiary/aromatic N) is 1. The van der Waals surface area contributed by atoms with Gasteiger partial charge in [0, 0.05) is 22.2 Å². The summed E-state index contributed by atoms with van der Waals surface area (Å²) in [4.78, 5) is 16.8. The van der Waals surface area contributed by atoms with E-state index in [2.05, 4.69) is 33.1 Å². The Hall–Kier alpha value is -2.64. The minimum absolute atomic E-state index is 0.166. The van der Waals surface area contributed by atoms with Crippen molar-refractivity contribution in [2.24, 2.45) is 11.8 Å². The maximum Gasteiger partial charge on any atom is 0.306 e. The van der Waals surface area contributed by atoms with Crippen molar-refractivity contribution in [1.82, 2.24) is 4.98 Å². The molecule has 1 unspecified atom stereocenters. The van der Waals surface area contributed by atoms with Crippen LogP contribution < -0.4 is 9.47 Å². The molecule has 1 aromatic carbocycles. The van der Waals surface area contributed by atoms with Crippen molar-refractivity contribution >= 4 is 21.9 Å². The van der Waals surface area contributed by atoms with Gasteiger partial charge >= 0.3 is 5.97 Å². The van der Waals surface area contributed by atoms with E-state index in [0.717, 1.165) is 10.0 Å². The van der Waals surface area contributed by atoms with Gasteiger partial charge in [0.25, 0.3) is 0 Å². The van der Waals surface area contributed by atoms with Gasteiger partial charge in [0.2, 0.25) is 0 Å².